The lowest BCUT2D eigenvalue weighted by atomic mass is 9.73. The molecule has 1 aromatic rings. The number of halogens is 1. The number of carbonyl (C=O) groups is 1. The number of hydrogen-bond donors (Lipinski definition) is 1. The molecule has 126 valence electrons. The van der Waals surface area contributed by atoms with Crippen LogP contribution >= 0.6 is 11.6 Å². The van der Waals surface area contributed by atoms with E-state index in [1.807, 2.05) is 31.2 Å². The van der Waals surface area contributed by atoms with Gasteiger partial charge in [-0.3, -0.25) is 4.79 Å². The second-order valence-electron chi connectivity index (χ2n) is 6.49. The first-order valence-corrected chi connectivity index (χ1v) is 8.76. The smallest absolute Gasteiger partial charge is 0.231 e. The summed E-state index contributed by atoms with van der Waals surface area (Å²) in [4.78, 5) is 13.2. The van der Waals surface area contributed by atoms with E-state index in [-0.39, 0.29) is 18.1 Å². The number of hydrogen-bond acceptors (Lipinski definition) is 3. The van der Waals surface area contributed by atoms with E-state index in [9.17, 15) is 4.79 Å². The van der Waals surface area contributed by atoms with Gasteiger partial charge in [0.25, 0.3) is 0 Å². The molecule has 0 bridgehead atoms. The molecule has 1 amide bonds. The summed E-state index contributed by atoms with van der Waals surface area (Å²) in [6.45, 7) is 3.96. The minimum Gasteiger partial charge on any atom is -0.381 e. The molecule has 3 rings (SSSR count). The van der Waals surface area contributed by atoms with Crippen molar-refractivity contribution in [2.24, 2.45) is 0 Å². The molecule has 0 aliphatic carbocycles. The Kier molecular flexibility index (Phi) is 5.24. The molecule has 1 aromatic carbocycles. The van der Waals surface area contributed by atoms with Gasteiger partial charge in [-0.15, -0.1) is 0 Å². The molecule has 2 atom stereocenters. The molecule has 5 heteroatoms. The highest BCUT2D eigenvalue weighted by atomic mass is 35.5. The Balaban J connectivity index is 1.83. The van der Waals surface area contributed by atoms with Crippen molar-refractivity contribution in [3.8, 4) is 0 Å². The average Bonchev–Trinajstić information content (AvgIpc) is 3.10. The lowest BCUT2D eigenvalue weighted by Crippen LogP contribution is -2.52. The normalized spacial score (nSPS) is 25.0. The van der Waals surface area contributed by atoms with Crippen LogP contribution in [0.4, 0.5) is 0 Å². The lowest BCUT2D eigenvalue weighted by Gasteiger charge is -2.38. The molecule has 2 saturated heterocycles. The number of nitrogens with one attached hydrogen (secondary N) is 1. The van der Waals surface area contributed by atoms with Crippen molar-refractivity contribution in [2.75, 3.05) is 19.8 Å². The topological polar surface area (TPSA) is 47.6 Å². The number of rotatable bonds is 4. The summed E-state index contributed by atoms with van der Waals surface area (Å²) in [5, 5.41) is 3.83. The molecule has 4 nitrogen and oxygen atoms in total. The van der Waals surface area contributed by atoms with Crippen molar-refractivity contribution in [3.05, 3.63) is 34.9 Å². The average molecular weight is 338 g/mol. The minimum atomic E-state index is -0.608. The van der Waals surface area contributed by atoms with E-state index in [1.165, 1.54) is 0 Å². The maximum Gasteiger partial charge on any atom is 0.231 e. The van der Waals surface area contributed by atoms with Crippen molar-refractivity contribution in [3.63, 3.8) is 0 Å². The summed E-state index contributed by atoms with van der Waals surface area (Å²) in [7, 11) is 0. The largest absolute Gasteiger partial charge is 0.381 e. The highest BCUT2D eigenvalue weighted by Crippen LogP contribution is 2.39. The monoisotopic (exact) mass is 337 g/mol. The predicted octanol–water partition coefficient (Wildman–Crippen LogP) is 3.07. The highest BCUT2D eigenvalue weighted by molar-refractivity contribution is 6.31. The Labute approximate surface area is 142 Å². The van der Waals surface area contributed by atoms with E-state index in [1.54, 1.807) is 0 Å². The molecule has 2 fully saturated rings. The number of amides is 1. The van der Waals surface area contributed by atoms with E-state index in [0.717, 1.165) is 25.0 Å². The molecular weight excluding hydrogens is 314 g/mol. The van der Waals surface area contributed by atoms with E-state index in [2.05, 4.69) is 5.32 Å². The second-order valence-corrected chi connectivity index (χ2v) is 6.90. The van der Waals surface area contributed by atoms with Gasteiger partial charge in [0.1, 0.15) is 0 Å². The number of carbonyl (C=O) groups excluding carboxylic acids is 1. The van der Waals surface area contributed by atoms with Crippen molar-refractivity contribution in [1.82, 2.24) is 5.32 Å². The molecule has 0 aromatic heterocycles. The number of ether oxygens (including phenoxy) is 2. The van der Waals surface area contributed by atoms with Crippen LogP contribution in [0, 0.1) is 0 Å². The van der Waals surface area contributed by atoms with Crippen LogP contribution in [0.3, 0.4) is 0 Å². The summed E-state index contributed by atoms with van der Waals surface area (Å²) >= 11 is 6.41. The summed E-state index contributed by atoms with van der Waals surface area (Å²) in [6, 6.07) is 7.66. The maximum atomic E-state index is 13.2. The molecule has 2 aliphatic rings. The zero-order valence-corrected chi connectivity index (χ0v) is 14.3. The summed E-state index contributed by atoms with van der Waals surface area (Å²) in [5.41, 5.74) is 0.297. The van der Waals surface area contributed by atoms with Gasteiger partial charge in [0.2, 0.25) is 5.91 Å². The third-order valence-electron chi connectivity index (χ3n) is 5.05. The quantitative estimate of drug-likeness (QED) is 0.918. The van der Waals surface area contributed by atoms with Gasteiger partial charge in [0.05, 0.1) is 17.6 Å². The SMILES string of the molecule is C[C@H](NC(=O)C1(c2ccccc2Cl)CCOCC1)[C@H]1CCCO1. The van der Waals surface area contributed by atoms with Crippen LogP contribution in [0.5, 0.6) is 0 Å². The summed E-state index contributed by atoms with van der Waals surface area (Å²) < 4.78 is 11.2. The van der Waals surface area contributed by atoms with Gasteiger partial charge < -0.3 is 14.8 Å². The Morgan fingerprint density at radius 3 is 2.70 bits per heavy atom. The number of benzene rings is 1. The molecule has 23 heavy (non-hydrogen) atoms. The Hall–Kier alpha value is -1.10. The highest BCUT2D eigenvalue weighted by Gasteiger charge is 2.43. The Morgan fingerprint density at radius 1 is 1.30 bits per heavy atom. The van der Waals surface area contributed by atoms with Gasteiger partial charge in [-0.2, -0.15) is 0 Å². The van der Waals surface area contributed by atoms with Gasteiger partial charge in [0, 0.05) is 24.8 Å². The first-order valence-electron chi connectivity index (χ1n) is 8.39. The van der Waals surface area contributed by atoms with Gasteiger partial charge >= 0.3 is 0 Å². The first kappa shape index (κ1) is 16.7. The van der Waals surface area contributed by atoms with E-state index < -0.39 is 5.41 Å². The van der Waals surface area contributed by atoms with E-state index in [4.69, 9.17) is 21.1 Å². The van der Waals surface area contributed by atoms with Crippen LogP contribution in [0.25, 0.3) is 0 Å². The molecule has 2 aliphatic heterocycles. The van der Waals surface area contributed by atoms with Crippen molar-refractivity contribution < 1.29 is 14.3 Å². The fourth-order valence-electron chi connectivity index (χ4n) is 3.62. The Morgan fingerprint density at radius 2 is 2.04 bits per heavy atom. The molecule has 1 N–H and O–H groups in total. The minimum absolute atomic E-state index is 0.00667. The van der Waals surface area contributed by atoms with Crippen molar-refractivity contribution in [1.29, 1.82) is 0 Å². The van der Waals surface area contributed by atoms with Gasteiger partial charge in [0.15, 0.2) is 0 Å². The lowest BCUT2D eigenvalue weighted by molar-refractivity contribution is -0.132. The van der Waals surface area contributed by atoms with Gasteiger partial charge in [-0.05, 0) is 44.2 Å². The molecular formula is C18H24ClNO3. The standard InChI is InChI=1S/C18H24ClNO3/c1-13(16-7-4-10-23-16)20-17(21)18(8-11-22-12-9-18)14-5-2-3-6-15(14)19/h2-3,5-6,13,16H,4,7-12H2,1H3,(H,20,21)/t13-,16+/m0/s1. The predicted molar refractivity (Wildman–Crippen MR) is 89.8 cm³/mol. The van der Waals surface area contributed by atoms with Gasteiger partial charge in [-0.1, -0.05) is 29.8 Å². The van der Waals surface area contributed by atoms with E-state index in [0.29, 0.717) is 31.1 Å². The fraction of sp³-hybridized carbons (Fsp3) is 0.611. The van der Waals surface area contributed by atoms with Gasteiger partial charge in [-0.25, -0.2) is 0 Å². The van der Waals surface area contributed by atoms with Crippen LogP contribution in [-0.2, 0) is 19.7 Å². The molecule has 0 spiro atoms. The molecule has 0 unspecified atom stereocenters. The maximum absolute atomic E-state index is 13.2. The Bertz CT molecular complexity index is 551. The third kappa shape index (κ3) is 3.39. The summed E-state index contributed by atoms with van der Waals surface area (Å²) in [6.07, 6.45) is 3.49. The third-order valence-corrected chi connectivity index (χ3v) is 5.38. The van der Waals surface area contributed by atoms with Crippen molar-refractivity contribution in [2.45, 2.75) is 50.2 Å². The fourth-order valence-corrected chi connectivity index (χ4v) is 3.94. The molecule has 2 heterocycles. The molecule has 0 radical (unpaired) electrons. The van der Waals surface area contributed by atoms with E-state index >= 15 is 0 Å². The van der Waals surface area contributed by atoms with Crippen LogP contribution in [0.2, 0.25) is 5.02 Å². The van der Waals surface area contributed by atoms with Crippen LogP contribution < -0.4 is 5.32 Å². The second kappa shape index (κ2) is 7.20. The zero-order valence-electron chi connectivity index (χ0n) is 13.5. The summed E-state index contributed by atoms with van der Waals surface area (Å²) in [5.74, 6) is 0.0388. The molecule has 0 saturated carbocycles. The van der Waals surface area contributed by atoms with Crippen molar-refractivity contribution >= 4 is 17.5 Å². The zero-order chi connectivity index (χ0) is 16.3. The first-order chi connectivity index (χ1) is 11.1. The van der Waals surface area contributed by atoms with Crippen LogP contribution in [0.15, 0.2) is 24.3 Å². The van der Waals surface area contributed by atoms with Crippen LogP contribution in [-0.4, -0.2) is 37.9 Å². The van der Waals surface area contributed by atoms with Crippen LogP contribution in [0.1, 0.15) is 38.2 Å².